The van der Waals surface area contributed by atoms with Crippen molar-refractivity contribution in [3.8, 4) is 11.5 Å². The molecule has 0 bridgehead atoms. The summed E-state index contributed by atoms with van der Waals surface area (Å²) in [5.74, 6) is 1.51. The van der Waals surface area contributed by atoms with Crippen LogP contribution in [0.5, 0.6) is 11.5 Å². The van der Waals surface area contributed by atoms with Gasteiger partial charge >= 0.3 is 0 Å². The van der Waals surface area contributed by atoms with Gasteiger partial charge in [0.05, 0.1) is 13.7 Å². The van der Waals surface area contributed by atoms with Gasteiger partial charge in [-0.05, 0) is 30.7 Å². The lowest BCUT2D eigenvalue weighted by atomic mass is 10.2. The second-order valence-electron chi connectivity index (χ2n) is 5.29. The first-order valence-corrected chi connectivity index (χ1v) is 8.09. The summed E-state index contributed by atoms with van der Waals surface area (Å²) < 4.78 is 10.8. The van der Waals surface area contributed by atoms with Crippen LogP contribution in [0.2, 0.25) is 0 Å². The molecule has 1 unspecified atom stereocenters. The normalized spacial score (nSPS) is 11.4. The number of carbonyl (C=O) groups excluding carboxylic acids is 1. The molecule has 2 rings (SSSR count). The number of rotatable bonds is 9. The third-order valence-electron chi connectivity index (χ3n) is 3.55. The molecule has 0 aliphatic carbocycles. The Morgan fingerprint density at radius 3 is 2.54 bits per heavy atom. The van der Waals surface area contributed by atoms with Gasteiger partial charge in [-0.2, -0.15) is 0 Å². The Bertz CT molecular complexity index is 632. The highest BCUT2D eigenvalue weighted by molar-refractivity contribution is 5.84. The third kappa shape index (κ3) is 5.50. The number of nitrogens with one attached hydrogen (secondary N) is 2. The topological polar surface area (TPSA) is 59.6 Å². The van der Waals surface area contributed by atoms with E-state index in [1.807, 2.05) is 61.5 Å². The Hall–Kier alpha value is -2.69. The molecule has 0 aliphatic heterocycles. The zero-order valence-electron chi connectivity index (χ0n) is 14.1. The molecule has 0 heterocycles. The van der Waals surface area contributed by atoms with Gasteiger partial charge in [0.1, 0.15) is 24.1 Å². The number of ether oxygens (including phenoxy) is 2. The maximum Gasteiger partial charge on any atom is 0.242 e. The van der Waals surface area contributed by atoms with Crippen molar-refractivity contribution in [1.29, 1.82) is 0 Å². The van der Waals surface area contributed by atoms with Crippen LogP contribution in [-0.2, 0) is 4.79 Å². The minimum absolute atomic E-state index is 0.0445. The number of hydrogen-bond donors (Lipinski definition) is 2. The van der Waals surface area contributed by atoms with E-state index in [2.05, 4.69) is 10.6 Å². The summed E-state index contributed by atoms with van der Waals surface area (Å²) >= 11 is 0. The van der Waals surface area contributed by atoms with Crippen LogP contribution >= 0.6 is 0 Å². The number of anilines is 1. The molecule has 0 aliphatic rings. The van der Waals surface area contributed by atoms with E-state index in [-0.39, 0.29) is 11.9 Å². The highest BCUT2D eigenvalue weighted by atomic mass is 16.5. The van der Waals surface area contributed by atoms with Crippen LogP contribution in [0.25, 0.3) is 0 Å². The van der Waals surface area contributed by atoms with Gasteiger partial charge < -0.3 is 20.1 Å². The van der Waals surface area contributed by atoms with Crippen molar-refractivity contribution in [2.75, 3.05) is 25.6 Å². The molecule has 0 saturated heterocycles. The van der Waals surface area contributed by atoms with E-state index in [0.717, 1.165) is 17.2 Å². The zero-order valence-corrected chi connectivity index (χ0v) is 14.1. The van der Waals surface area contributed by atoms with Crippen LogP contribution in [0.3, 0.4) is 0 Å². The standard InChI is InChI=1S/C19H24N2O3/c1-3-18(21-15-8-7-11-17(14-15)23-2)19(22)20-12-13-24-16-9-5-4-6-10-16/h4-11,14,18,21H,3,12-13H2,1-2H3,(H,20,22). The van der Waals surface area contributed by atoms with Gasteiger partial charge in [0.2, 0.25) is 5.91 Å². The maximum absolute atomic E-state index is 12.3. The Balaban J connectivity index is 1.78. The summed E-state index contributed by atoms with van der Waals surface area (Å²) in [5, 5.41) is 6.12. The van der Waals surface area contributed by atoms with E-state index < -0.39 is 0 Å². The molecule has 0 spiro atoms. The highest BCUT2D eigenvalue weighted by Gasteiger charge is 2.15. The predicted molar refractivity (Wildman–Crippen MR) is 95.6 cm³/mol. The van der Waals surface area contributed by atoms with Gasteiger partial charge in [-0.3, -0.25) is 4.79 Å². The van der Waals surface area contributed by atoms with Crippen LogP contribution in [0.15, 0.2) is 54.6 Å². The van der Waals surface area contributed by atoms with Crippen molar-refractivity contribution in [3.63, 3.8) is 0 Å². The number of para-hydroxylation sites is 1. The van der Waals surface area contributed by atoms with E-state index in [1.54, 1.807) is 7.11 Å². The molecule has 2 aromatic carbocycles. The lowest BCUT2D eigenvalue weighted by Gasteiger charge is -2.18. The monoisotopic (exact) mass is 328 g/mol. The fraction of sp³-hybridized carbons (Fsp3) is 0.316. The summed E-state index contributed by atoms with van der Waals surface area (Å²) in [7, 11) is 1.62. The van der Waals surface area contributed by atoms with Crippen molar-refractivity contribution in [1.82, 2.24) is 5.32 Å². The summed E-state index contributed by atoms with van der Waals surface area (Å²) in [4.78, 5) is 12.3. The molecule has 128 valence electrons. The molecule has 1 atom stereocenters. The van der Waals surface area contributed by atoms with Gasteiger partial charge in [0, 0.05) is 11.8 Å². The van der Waals surface area contributed by atoms with Crippen LogP contribution < -0.4 is 20.1 Å². The van der Waals surface area contributed by atoms with E-state index in [1.165, 1.54) is 0 Å². The first-order valence-electron chi connectivity index (χ1n) is 8.09. The minimum Gasteiger partial charge on any atom is -0.497 e. The lowest BCUT2D eigenvalue weighted by Crippen LogP contribution is -2.40. The van der Waals surface area contributed by atoms with Crippen LogP contribution in [-0.4, -0.2) is 32.2 Å². The SMILES string of the molecule is CCC(Nc1cccc(OC)c1)C(=O)NCCOc1ccccc1. The Morgan fingerprint density at radius 1 is 1.08 bits per heavy atom. The third-order valence-corrected chi connectivity index (χ3v) is 3.55. The fourth-order valence-corrected chi connectivity index (χ4v) is 2.25. The van der Waals surface area contributed by atoms with Crippen LogP contribution in [0, 0.1) is 0 Å². The number of benzene rings is 2. The molecule has 0 radical (unpaired) electrons. The molecule has 5 heteroatoms. The molecule has 0 fully saturated rings. The van der Waals surface area contributed by atoms with Crippen molar-refractivity contribution in [2.45, 2.75) is 19.4 Å². The Labute approximate surface area is 143 Å². The molecule has 0 saturated carbocycles. The molecule has 2 N–H and O–H groups in total. The lowest BCUT2D eigenvalue weighted by molar-refractivity contribution is -0.122. The Morgan fingerprint density at radius 2 is 1.83 bits per heavy atom. The summed E-state index contributed by atoms with van der Waals surface area (Å²) in [6.07, 6.45) is 0.683. The fourth-order valence-electron chi connectivity index (χ4n) is 2.25. The van der Waals surface area contributed by atoms with Crippen molar-refractivity contribution >= 4 is 11.6 Å². The summed E-state index contributed by atoms with van der Waals surface area (Å²) in [6.45, 7) is 2.87. The molecule has 2 aromatic rings. The maximum atomic E-state index is 12.3. The molecule has 5 nitrogen and oxygen atoms in total. The first-order chi connectivity index (χ1) is 11.7. The Kier molecular flexibility index (Phi) is 6.95. The number of hydrogen-bond acceptors (Lipinski definition) is 4. The van der Waals surface area contributed by atoms with E-state index in [4.69, 9.17) is 9.47 Å². The highest BCUT2D eigenvalue weighted by Crippen LogP contribution is 2.18. The van der Waals surface area contributed by atoms with Gasteiger partial charge in [-0.1, -0.05) is 31.2 Å². The second kappa shape index (κ2) is 9.45. The van der Waals surface area contributed by atoms with Gasteiger partial charge in [0.25, 0.3) is 0 Å². The van der Waals surface area contributed by atoms with Crippen molar-refractivity contribution < 1.29 is 14.3 Å². The molecular weight excluding hydrogens is 304 g/mol. The number of carbonyl (C=O) groups is 1. The zero-order chi connectivity index (χ0) is 17.2. The van der Waals surface area contributed by atoms with E-state index in [9.17, 15) is 4.79 Å². The quantitative estimate of drug-likeness (QED) is 0.695. The average molecular weight is 328 g/mol. The smallest absolute Gasteiger partial charge is 0.242 e. The number of amides is 1. The molecule has 24 heavy (non-hydrogen) atoms. The average Bonchev–Trinajstić information content (AvgIpc) is 2.64. The number of methoxy groups -OCH3 is 1. The van der Waals surface area contributed by atoms with Crippen LogP contribution in [0.4, 0.5) is 5.69 Å². The van der Waals surface area contributed by atoms with Crippen LogP contribution in [0.1, 0.15) is 13.3 Å². The molecule has 1 amide bonds. The summed E-state index contributed by atoms with van der Waals surface area (Å²) in [6, 6.07) is 16.8. The van der Waals surface area contributed by atoms with Crippen molar-refractivity contribution in [2.24, 2.45) is 0 Å². The van der Waals surface area contributed by atoms with Gasteiger partial charge in [-0.15, -0.1) is 0 Å². The summed E-state index contributed by atoms with van der Waals surface area (Å²) in [5.41, 5.74) is 0.858. The van der Waals surface area contributed by atoms with E-state index in [0.29, 0.717) is 19.6 Å². The minimum atomic E-state index is -0.297. The first kappa shape index (κ1) is 17.7. The van der Waals surface area contributed by atoms with Crippen molar-refractivity contribution in [3.05, 3.63) is 54.6 Å². The molecular formula is C19H24N2O3. The molecule has 0 aromatic heterocycles. The largest absolute Gasteiger partial charge is 0.497 e. The van der Waals surface area contributed by atoms with Gasteiger partial charge in [0.15, 0.2) is 0 Å². The predicted octanol–water partition coefficient (Wildman–Crippen LogP) is 3.08. The van der Waals surface area contributed by atoms with E-state index >= 15 is 0 Å². The van der Waals surface area contributed by atoms with Gasteiger partial charge in [-0.25, -0.2) is 0 Å². The second-order valence-corrected chi connectivity index (χ2v) is 5.29.